The number of amides is 1. The molecule has 0 aliphatic carbocycles. The van der Waals surface area contributed by atoms with Crippen molar-refractivity contribution in [3.8, 4) is 6.07 Å². The molecule has 96 valence electrons. The molecule has 7 heteroatoms. The second-order valence-corrected chi connectivity index (χ2v) is 4.70. The van der Waals surface area contributed by atoms with E-state index in [2.05, 4.69) is 4.98 Å². The molecule has 1 aromatic rings. The Hall–Kier alpha value is -1.94. The van der Waals surface area contributed by atoms with Crippen molar-refractivity contribution in [2.45, 2.75) is 26.3 Å². The van der Waals surface area contributed by atoms with Gasteiger partial charge in [0.15, 0.2) is 10.7 Å². The first-order chi connectivity index (χ1) is 8.47. The molecule has 0 aliphatic rings. The fourth-order valence-electron chi connectivity index (χ4n) is 1.36. The van der Waals surface area contributed by atoms with Gasteiger partial charge in [-0.3, -0.25) is 4.79 Å². The van der Waals surface area contributed by atoms with Gasteiger partial charge in [0, 0.05) is 18.0 Å². The molecule has 0 radical (unpaired) electrons. The normalized spacial score (nSPS) is 10.1. The first-order valence-electron chi connectivity index (χ1n) is 5.34. The van der Waals surface area contributed by atoms with Crippen LogP contribution in [0, 0.1) is 11.3 Å². The third-order valence-electron chi connectivity index (χ3n) is 2.25. The molecular weight excluding hydrogens is 254 g/mol. The summed E-state index contributed by atoms with van der Waals surface area (Å²) in [5.74, 6) is -1.49. The number of nitriles is 1. The molecule has 0 unspecified atom stereocenters. The van der Waals surface area contributed by atoms with E-state index in [0.29, 0.717) is 6.54 Å². The van der Waals surface area contributed by atoms with Gasteiger partial charge in [0.25, 0.3) is 5.91 Å². The number of carbonyl (C=O) groups excluding carboxylic acids is 1. The second-order valence-electron chi connectivity index (χ2n) is 3.84. The summed E-state index contributed by atoms with van der Waals surface area (Å²) in [4.78, 5) is 28.1. The van der Waals surface area contributed by atoms with Crippen LogP contribution in [0.1, 0.15) is 40.6 Å². The van der Waals surface area contributed by atoms with Crippen molar-refractivity contribution >= 4 is 23.2 Å². The van der Waals surface area contributed by atoms with Crippen LogP contribution in [0.25, 0.3) is 0 Å². The molecule has 1 aromatic heterocycles. The first kappa shape index (κ1) is 14.1. The molecule has 0 saturated heterocycles. The maximum absolute atomic E-state index is 12.1. The lowest BCUT2D eigenvalue weighted by Crippen LogP contribution is -2.37. The molecule has 0 saturated carbocycles. The summed E-state index contributed by atoms with van der Waals surface area (Å²) in [6, 6.07) is 1.91. The van der Waals surface area contributed by atoms with E-state index in [9.17, 15) is 9.59 Å². The molecule has 6 nitrogen and oxygen atoms in total. The number of aromatic nitrogens is 1. The lowest BCUT2D eigenvalue weighted by atomic mass is 10.3. The van der Waals surface area contributed by atoms with E-state index in [1.54, 1.807) is 0 Å². The minimum absolute atomic E-state index is 0.0666. The summed E-state index contributed by atoms with van der Waals surface area (Å²) < 4.78 is 0. The number of thiazole rings is 1. The zero-order chi connectivity index (χ0) is 13.7. The SMILES string of the molecule is CC(C)N(CCC#N)C(=O)c1nc(C(=O)O)cs1. The Morgan fingerprint density at radius 2 is 2.28 bits per heavy atom. The standard InChI is InChI=1S/C11H13N3O3S/c1-7(2)14(5-3-4-12)10(15)9-13-8(6-18-9)11(16)17/h6-7H,3,5H2,1-2H3,(H,16,17). The maximum Gasteiger partial charge on any atom is 0.355 e. The molecule has 1 rings (SSSR count). The predicted octanol–water partition coefficient (Wildman–Crippen LogP) is 1.61. The molecule has 1 heterocycles. The van der Waals surface area contributed by atoms with Crippen molar-refractivity contribution in [1.29, 1.82) is 5.26 Å². The Bertz CT molecular complexity index is 490. The van der Waals surface area contributed by atoms with Crippen molar-refractivity contribution in [3.05, 3.63) is 16.1 Å². The lowest BCUT2D eigenvalue weighted by Gasteiger charge is -2.24. The largest absolute Gasteiger partial charge is 0.476 e. The van der Waals surface area contributed by atoms with E-state index < -0.39 is 5.97 Å². The average Bonchev–Trinajstić information content (AvgIpc) is 2.78. The predicted molar refractivity (Wildman–Crippen MR) is 65.5 cm³/mol. The highest BCUT2D eigenvalue weighted by Gasteiger charge is 2.22. The minimum Gasteiger partial charge on any atom is -0.476 e. The van der Waals surface area contributed by atoms with Crippen molar-refractivity contribution in [1.82, 2.24) is 9.88 Å². The summed E-state index contributed by atoms with van der Waals surface area (Å²) >= 11 is 0.999. The number of carboxylic acid groups (broad SMARTS) is 1. The van der Waals surface area contributed by atoms with Gasteiger partial charge in [0.1, 0.15) is 0 Å². The molecule has 0 spiro atoms. The number of hydrogen-bond acceptors (Lipinski definition) is 5. The van der Waals surface area contributed by atoms with E-state index in [0.717, 1.165) is 11.3 Å². The second kappa shape index (κ2) is 6.12. The van der Waals surface area contributed by atoms with E-state index in [1.807, 2.05) is 19.9 Å². The van der Waals surface area contributed by atoms with Crippen LogP contribution in [0.2, 0.25) is 0 Å². The highest BCUT2D eigenvalue weighted by Crippen LogP contribution is 2.14. The van der Waals surface area contributed by atoms with Gasteiger partial charge in [-0.1, -0.05) is 0 Å². The van der Waals surface area contributed by atoms with Crippen LogP contribution in [0.5, 0.6) is 0 Å². The number of aromatic carboxylic acids is 1. The number of carboxylic acids is 1. The minimum atomic E-state index is -1.15. The van der Waals surface area contributed by atoms with Gasteiger partial charge >= 0.3 is 5.97 Å². The van der Waals surface area contributed by atoms with E-state index in [1.165, 1.54) is 10.3 Å². The highest BCUT2D eigenvalue weighted by molar-refractivity contribution is 7.11. The molecule has 0 bridgehead atoms. The van der Waals surface area contributed by atoms with E-state index in [-0.39, 0.29) is 29.1 Å². The fourth-order valence-corrected chi connectivity index (χ4v) is 2.10. The average molecular weight is 267 g/mol. The summed E-state index contributed by atoms with van der Waals surface area (Å²) in [6.45, 7) is 3.98. The van der Waals surface area contributed by atoms with Crippen LogP contribution in [0.4, 0.5) is 0 Å². The Kier molecular flexibility index (Phi) is 4.80. The quantitative estimate of drug-likeness (QED) is 0.874. The zero-order valence-corrected chi connectivity index (χ0v) is 10.9. The number of nitrogens with zero attached hydrogens (tertiary/aromatic N) is 3. The molecule has 0 aromatic carbocycles. The third kappa shape index (κ3) is 3.28. The van der Waals surface area contributed by atoms with Gasteiger partial charge in [0.05, 0.1) is 12.5 Å². The van der Waals surface area contributed by atoms with Gasteiger partial charge in [0.2, 0.25) is 0 Å². The topological polar surface area (TPSA) is 94.3 Å². The summed E-state index contributed by atoms with van der Waals surface area (Å²) in [6.07, 6.45) is 0.237. The smallest absolute Gasteiger partial charge is 0.355 e. The fraction of sp³-hybridized carbons (Fsp3) is 0.455. The van der Waals surface area contributed by atoms with Crippen LogP contribution in [0.15, 0.2) is 5.38 Å². The molecule has 18 heavy (non-hydrogen) atoms. The van der Waals surface area contributed by atoms with Gasteiger partial charge in [-0.25, -0.2) is 9.78 Å². The first-order valence-corrected chi connectivity index (χ1v) is 6.22. The molecule has 1 amide bonds. The Morgan fingerprint density at radius 1 is 1.61 bits per heavy atom. The van der Waals surface area contributed by atoms with E-state index >= 15 is 0 Å². The molecular formula is C11H13N3O3S. The highest BCUT2D eigenvalue weighted by atomic mass is 32.1. The summed E-state index contributed by atoms with van der Waals surface area (Å²) in [7, 11) is 0. The van der Waals surface area contributed by atoms with E-state index in [4.69, 9.17) is 10.4 Å². The van der Waals surface area contributed by atoms with Gasteiger partial charge < -0.3 is 10.0 Å². The molecule has 0 aliphatic heterocycles. The third-order valence-corrected chi connectivity index (χ3v) is 3.09. The van der Waals surface area contributed by atoms with Gasteiger partial charge in [-0.05, 0) is 13.8 Å². The summed E-state index contributed by atoms with van der Waals surface area (Å²) in [5, 5.41) is 18.8. The van der Waals surface area contributed by atoms with Crippen molar-refractivity contribution in [2.24, 2.45) is 0 Å². The molecule has 0 atom stereocenters. The molecule has 1 N–H and O–H groups in total. The van der Waals surface area contributed by atoms with Crippen molar-refractivity contribution in [2.75, 3.05) is 6.54 Å². The van der Waals surface area contributed by atoms with Gasteiger partial charge in [-0.15, -0.1) is 11.3 Å². The van der Waals surface area contributed by atoms with Crippen LogP contribution in [-0.4, -0.2) is 39.5 Å². The number of hydrogen-bond donors (Lipinski definition) is 1. The Morgan fingerprint density at radius 3 is 2.72 bits per heavy atom. The van der Waals surface area contributed by atoms with Crippen LogP contribution in [-0.2, 0) is 0 Å². The Balaban J connectivity index is 2.88. The monoisotopic (exact) mass is 267 g/mol. The zero-order valence-electron chi connectivity index (χ0n) is 10.1. The number of carbonyl (C=O) groups is 2. The maximum atomic E-state index is 12.1. The lowest BCUT2D eigenvalue weighted by molar-refractivity contribution is 0.0690. The summed E-state index contributed by atoms with van der Waals surface area (Å²) in [5.41, 5.74) is -0.132. The van der Waals surface area contributed by atoms with Crippen LogP contribution in [0.3, 0.4) is 0 Å². The Labute approximate surface area is 108 Å². The van der Waals surface area contributed by atoms with Crippen LogP contribution >= 0.6 is 11.3 Å². The number of rotatable bonds is 5. The van der Waals surface area contributed by atoms with Crippen molar-refractivity contribution in [3.63, 3.8) is 0 Å². The molecule has 0 fully saturated rings. The van der Waals surface area contributed by atoms with Crippen LogP contribution < -0.4 is 0 Å². The van der Waals surface area contributed by atoms with Crippen molar-refractivity contribution < 1.29 is 14.7 Å². The van der Waals surface area contributed by atoms with Gasteiger partial charge in [-0.2, -0.15) is 5.26 Å².